The Labute approximate surface area is 301 Å². The number of carbonyl (C=O) groups is 2. The van der Waals surface area contributed by atoms with Crippen molar-refractivity contribution in [3.8, 4) is 5.75 Å². The zero-order valence-corrected chi connectivity index (χ0v) is 30.1. The summed E-state index contributed by atoms with van der Waals surface area (Å²) in [6.07, 6.45) is 2.95. The summed E-state index contributed by atoms with van der Waals surface area (Å²) >= 11 is 3.26. The van der Waals surface area contributed by atoms with Crippen molar-refractivity contribution in [2.24, 2.45) is 5.73 Å². The summed E-state index contributed by atoms with van der Waals surface area (Å²) in [4.78, 5) is 24.4. The van der Waals surface area contributed by atoms with Crippen LogP contribution in [0.3, 0.4) is 0 Å². The van der Waals surface area contributed by atoms with Crippen molar-refractivity contribution >= 4 is 48.6 Å². The van der Waals surface area contributed by atoms with Gasteiger partial charge < -0.3 is 20.5 Å². The third-order valence-electron chi connectivity index (χ3n) is 9.75. The van der Waals surface area contributed by atoms with Crippen molar-refractivity contribution in [2.45, 2.75) is 105 Å². The second-order valence-corrected chi connectivity index (χ2v) is 16.2. The maximum Gasteiger partial charge on any atom is 0.490 e. The Morgan fingerprint density at radius 2 is 1.45 bits per heavy atom. The van der Waals surface area contributed by atoms with E-state index in [4.69, 9.17) is 20.4 Å². The number of fused-ring (bicyclic) bond motifs is 3. The lowest BCUT2D eigenvalue weighted by atomic mass is 9.94. The van der Waals surface area contributed by atoms with E-state index in [9.17, 15) is 26.4 Å². The number of hydrogen-bond donors (Lipinski definition) is 2. The van der Waals surface area contributed by atoms with Gasteiger partial charge in [-0.3, -0.25) is 4.79 Å². The van der Waals surface area contributed by atoms with Gasteiger partial charge in [0.15, 0.2) is 6.04 Å². The van der Waals surface area contributed by atoms with Crippen molar-refractivity contribution in [3.63, 3.8) is 0 Å². The number of nitrogens with two attached hydrogens (primary N) is 1. The van der Waals surface area contributed by atoms with Crippen LogP contribution in [0.5, 0.6) is 5.75 Å². The molecule has 3 fully saturated rings. The fourth-order valence-electron chi connectivity index (χ4n) is 7.21. The molecule has 2 aliphatic heterocycles. The smallest absolute Gasteiger partial charge is 0.490 e. The number of likely N-dealkylation sites (N-methyl/N-ethyl adjacent to an activating group) is 1. The minimum Gasteiger partial charge on any atom is -0.490 e. The molecule has 2 heterocycles. The summed E-state index contributed by atoms with van der Waals surface area (Å²) in [6, 6.07) is 12.3. The lowest BCUT2D eigenvalue weighted by Crippen LogP contribution is -2.61. The standard InChI is InChI=1S/C33H38BrF2N3O4S.C2HF3O2/c1-38(44(41,42)30-16-8-21-17-29(15-7-22(21)18-30)43-28-5-3-2-4-6-28)31(33(35,36)23-9-11-24(34)12-10-23)32(40)39-26-13-14-27(39)20-25(37)19-26;3-2(4,5)1(6)7/h7-12,15-18,25-28,31H,2-6,13-14,19-20,37H2,1H3;(H,6,7)/t25?,26?,27?,31-;/m0./s1. The molecule has 51 heavy (non-hydrogen) atoms. The molecule has 0 spiro atoms. The van der Waals surface area contributed by atoms with E-state index < -0.39 is 45.6 Å². The van der Waals surface area contributed by atoms with Gasteiger partial charge in [0.1, 0.15) is 5.75 Å². The predicted octanol–water partition coefficient (Wildman–Crippen LogP) is 7.21. The van der Waals surface area contributed by atoms with Crippen molar-refractivity contribution in [2.75, 3.05) is 7.05 Å². The van der Waals surface area contributed by atoms with Crippen LogP contribution in [0, 0.1) is 0 Å². The molecule has 3 N–H and O–H groups in total. The van der Waals surface area contributed by atoms with Crippen LogP contribution in [0.25, 0.3) is 10.8 Å². The number of benzene rings is 3. The minimum absolute atomic E-state index is 0.116. The molecular weight excluding hydrogens is 765 g/mol. The monoisotopic (exact) mass is 803 g/mol. The molecule has 9 nitrogen and oxygen atoms in total. The number of alkyl halides is 5. The zero-order valence-electron chi connectivity index (χ0n) is 27.7. The molecule has 3 aromatic rings. The van der Waals surface area contributed by atoms with E-state index in [-0.39, 0.29) is 29.1 Å². The number of amides is 1. The van der Waals surface area contributed by atoms with Gasteiger partial charge in [-0.25, -0.2) is 13.2 Å². The van der Waals surface area contributed by atoms with Gasteiger partial charge in [-0.2, -0.15) is 26.3 Å². The van der Waals surface area contributed by atoms with E-state index in [0.29, 0.717) is 45.6 Å². The quantitative estimate of drug-likeness (QED) is 0.230. The predicted molar refractivity (Wildman–Crippen MR) is 183 cm³/mol. The molecular formula is C35H39BrF5N3O6S. The van der Waals surface area contributed by atoms with Gasteiger partial charge in [0, 0.05) is 35.2 Å². The number of hydrogen-bond acceptors (Lipinski definition) is 6. The summed E-state index contributed by atoms with van der Waals surface area (Å²) in [7, 11) is -3.45. The highest BCUT2D eigenvalue weighted by molar-refractivity contribution is 9.10. The third kappa shape index (κ3) is 8.66. The average Bonchev–Trinajstić information content (AvgIpc) is 3.35. The first kappa shape index (κ1) is 38.9. The molecule has 2 unspecified atom stereocenters. The highest BCUT2D eigenvalue weighted by atomic mass is 79.9. The highest BCUT2D eigenvalue weighted by Crippen LogP contribution is 2.42. The number of halogens is 6. The van der Waals surface area contributed by atoms with E-state index in [2.05, 4.69) is 15.9 Å². The maximum absolute atomic E-state index is 16.5. The van der Waals surface area contributed by atoms with Gasteiger partial charge >= 0.3 is 12.1 Å². The summed E-state index contributed by atoms with van der Waals surface area (Å²) in [5.41, 5.74) is 5.75. The van der Waals surface area contributed by atoms with Gasteiger partial charge in [0.05, 0.1) is 11.0 Å². The van der Waals surface area contributed by atoms with Crippen LogP contribution in [-0.4, -0.2) is 78.1 Å². The lowest BCUT2D eigenvalue weighted by molar-refractivity contribution is -0.192. The maximum atomic E-state index is 16.5. The molecule has 3 aliphatic rings. The Balaban J connectivity index is 0.000000654. The lowest BCUT2D eigenvalue weighted by Gasteiger charge is -2.42. The van der Waals surface area contributed by atoms with E-state index in [0.717, 1.165) is 38.1 Å². The first-order valence-electron chi connectivity index (χ1n) is 16.6. The van der Waals surface area contributed by atoms with Crippen LogP contribution in [0.15, 0.2) is 70.0 Å². The Hall–Kier alpha value is -3.34. The second-order valence-electron chi connectivity index (χ2n) is 13.3. The van der Waals surface area contributed by atoms with E-state index in [1.807, 2.05) is 12.1 Å². The van der Waals surface area contributed by atoms with Crippen LogP contribution in [0.1, 0.15) is 63.4 Å². The Morgan fingerprint density at radius 1 is 0.902 bits per heavy atom. The molecule has 3 aromatic carbocycles. The Morgan fingerprint density at radius 3 is 2.02 bits per heavy atom. The van der Waals surface area contributed by atoms with Gasteiger partial charge in [0.25, 0.3) is 5.92 Å². The van der Waals surface area contributed by atoms with Gasteiger partial charge in [-0.1, -0.05) is 46.6 Å². The summed E-state index contributed by atoms with van der Waals surface area (Å²) in [6.45, 7) is 0. The number of sulfonamides is 1. The van der Waals surface area contributed by atoms with Crippen molar-refractivity contribution < 1.29 is 49.8 Å². The summed E-state index contributed by atoms with van der Waals surface area (Å²) in [5, 5.41) is 8.52. The number of carboxylic acids is 1. The number of piperidine rings is 1. The second kappa shape index (κ2) is 15.3. The molecule has 0 aromatic heterocycles. The first-order valence-corrected chi connectivity index (χ1v) is 18.8. The van der Waals surface area contributed by atoms with Crippen LogP contribution in [-0.2, 0) is 25.5 Å². The molecule has 1 amide bonds. The Bertz CT molecular complexity index is 1830. The van der Waals surface area contributed by atoms with Crippen LogP contribution >= 0.6 is 15.9 Å². The number of carboxylic acid groups (broad SMARTS) is 1. The normalized spacial score (nSPS) is 22.0. The van der Waals surface area contributed by atoms with E-state index in [1.165, 1.54) is 47.7 Å². The molecule has 0 radical (unpaired) electrons. The number of carbonyl (C=O) groups excluding carboxylic acids is 1. The van der Waals surface area contributed by atoms with E-state index in [1.54, 1.807) is 12.1 Å². The molecule has 1 saturated carbocycles. The van der Waals surface area contributed by atoms with Crippen LogP contribution in [0.4, 0.5) is 22.0 Å². The SMILES string of the molecule is CN([C@@H](C(=O)N1C2CCC1CC(N)C2)C(F)(F)c1ccc(Br)cc1)S(=O)(=O)c1ccc2cc(OC3CCCCC3)ccc2c1.O=C(O)C(F)(F)F. The van der Waals surface area contributed by atoms with Gasteiger partial charge in [-0.05, 0) is 98.5 Å². The number of ether oxygens (including phenoxy) is 1. The number of aliphatic carboxylic acids is 1. The average molecular weight is 805 g/mol. The molecule has 6 rings (SSSR count). The molecule has 1 aliphatic carbocycles. The molecule has 3 atom stereocenters. The van der Waals surface area contributed by atoms with Crippen LogP contribution < -0.4 is 10.5 Å². The zero-order chi connectivity index (χ0) is 37.3. The summed E-state index contributed by atoms with van der Waals surface area (Å²) in [5.74, 6) is -6.75. The fourth-order valence-corrected chi connectivity index (χ4v) is 8.82. The Kier molecular flexibility index (Phi) is 11.7. The molecule has 2 saturated heterocycles. The van der Waals surface area contributed by atoms with Crippen molar-refractivity contribution in [3.05, 3.63) is 70.7 Å². The topological polar surface area (TPSA) is 130 Å². The highest BCUT2D eigenvalue weighted by Gasteiger charge is 2.56. The third-order valence-corrected chi connectivity index (χ3v) is 12.1. The van der Waals surface area contributed by atoms with E-state index >= 15 is 8.78 Å². The number of rotatable bonds is 8. The molecule has 16 heteroatoms. The largest absolute Gasteiger partial charge is 0.490 e. The summed E-state index contributed by atoms with van der Waals surface area (Å²) < 4.78 is 100. The van der Waals surface area contributed by atoms with Gasteiger partial charge in [-0.15, -0.1) is 0 Å². The van der Waals surface area contributed by atoms with Crippen molar-refractivity contribution in [1.82, 2.24) is 9.21 Å². The molecule has 278 valence electrons. The van der Waals surface area contributed by atoms with Crippen LogP contribution in [0.2, 0.25) is 0 Å². The number of nitrogens with zero attached hydrogens (tertiary/aromatic N) is 2. The van der Waals surface area contributed by atoms with Gasteiger partial charge in [0.2, 0.25) is 15.9 Å². The first-order chi connectivity index (χ1) is 23.9. The molecule has 2 bridgehead atoms. The van der Waals surface area contributed by atoms with Crippen molar-refractivity contribution in [1.29, 1.82) is 0 Å². The minimum atomic E-state index is -5.08. The fraction of sp³-hybridized carbons (Fsp3) is 0.486.